The molecule has 3 aromatic rings. The van der Waals surface area contributed by atoms with Crippen molar-refractivity contribution >= 4 is 17.6 Å². The largest absolute Gasteiger partial charge is 0.476 e. The molecule has 6 nitrogen and oxygen atoms in total. The number of aromatic nitrogens is 4. The summed E-state index contributed by atoms with van der Waals surface area (Å²) in [6.45, 7) is 4.06. The van der Waals surface area contributed by atoms with Crippen LogP contribution in [-0.4, -0.2) is 30.6 Å². The highest BCUT2D eigenvalue weighted by atomic mass is 35.5. The van der Waals surface area contributed by atoms with Gasteiger partial charge in [0.15, 0.2) is 11.5 Å². The lowest BCUT2D eigenvalue weighted by Crippen LogP contribution is -2.04. The molecule has 0 aliphatic rings. The van der Waals surface area contributed by atoms with Gasteiger partial charge in [-0.2, -0.15) is 0 Å². The van der Waals surface area contributed by atoms with Gasteiger partial charge in [-0.25, -0.2) is 19.7 Å². The Morgan fingerprint density at radius 3 is 2.67 bits per heavy atom. The molecular weight excluding hydrogens is 328 g/mol. The lowest BCUT2D eigenvalue weighted by atomic mass is 10.1. The lowest BCUT2D eigenvalue weighted by Gasteiger charge is -2.11. The molecule has 0 aliphatic heterocycles. The van der Waals surface area contributed by atoms with Gasteiger partial charge < -0.3 is 5.11 Å². The Labute approximate surface area is 143 Å². The number of imidazole rings is 1. The molecule has 0 unspecified atom stereocenters. The number of rotatable bonds is 4. The molecule has 0 saturated heterocycles. The summed E-state index contributed by atoms with van der Waals surface area (Å²) < 4.78 is 1.57. The van der Waals surface area contributed by atoms with Crippen molar-refractivity contribution in [3.8, 4) is 17.2 Å². The molecule has 24 heavy (non-hydrogen) atoms. The van der Waals surface area contributed by atoms with E-state index in [1.165, 1.54) is 12.5 Å². The van der Waals surface area contributed by atoms with Crippen LogP contribution in [0.3, 0.4) is 0 Å². The molecule has 3 rings (SSSR count). The van der Waals surface area contributed by atoms with Crippen molar-refractivity contribution in [2.45, 2.75) is 19.8 Å². The predicted octanol–water partition coefficient (Wildman–Crippen LogP) is 3.80. The minimum absolute atomic E-state index is 0.0379. The van der Waals surface area contributed by atoms with E-state index in [2.05, 4.69) is 15.0 Å². The van der Waals surface area contributed by atoms with Gasteiger partial charge in [-0.15, -0.1) is 0 Å². The van der Waals surface area contributed by atoms with Gasteiger partial charge in [0, 0.05) is 28.5 Å². The van der Waals surface area contributed by atoms with Crippen LogP contribution in [-0.2, 0) is 0 Å². The lowest BCUT2D eigenvalue weighted by molar-refractivity contribution is 0.0691. The van der Waals surface area contributed by atoms with E-state index < -0.39 is 5.97 Å². The molecule has 0 radical (unpaired) electrons. The molecule has 2 heterocycles. The maximum absolute atomic E-state index is 11.0. The van der Waals surface area contributed by atoms with Gasteiger partial charge in [0.2, 0.25) is 0 Å². The monoisotopic (exact) mass is 342 g/mol. The average molecular weight is 343 g/mol. The molecule has 2 aromatic heterocycles. The van der Waals surface area contributed by atoms with E-state index >= 15 is 0 Å². The predicted molar refractivity (Wildman–Crippen MR) is 90.6 cm³/mol. The van der Waals surface area contributed by atoms with Crippen LogP contribution < -0.4 is 0 Å². The van der Waals surface area contributed by atoms with E-state index in [4.69, 9.17) is 16.7 Å². The smallest absolute Gasteiger partial charge is 0.356 e. The summed E-state index contributed by atoms with van der Waals surface area (Å²) in [6, 6.07) is 9.12. The number of halogens is 1. The SMILES string of the molecule is CC(C)c1cc(-n2cnc(C(=O)O)c2)nc(-c2cccc(Cl)c2)n1. The maximum Gasteiger partial charge on any atom is 0.356 e. The van der Waals surface area contributed by atoms with Gasteiger partial charge in [-0.3, -0.25) is 4.57 Å². The number of carboxylic acid groups (broad SMARTS) is 1. The van der Waals surface area contributed by atoms with Crippen molar-refractivity contribution < 1.29 is 9.90 Å². The summed E-state index contributed by atoms with van der Waals surface area (Å²) in [7, 11) is 0. The highest BCUT2D eigenvalue weighted by molar-refractivity contribution is 6.30. The second-order valence-electron chi connectivity index (χ2n) is 5.61. The van der Waals surface area contributed by atoms with Gasteiger partial charge in [0.05, 0.1) is 0 Å². The zero-order valence-electron chi connectivity index (χ0n) is 13.1. The summed E-state index contributed by atoms with van der Waals surface area (Å²) in [5.74, 6) is 0.196. The van der Waals surface area contributed by atoms with E-state index in [1.807, 2.05) is 32.0 Å². The fourth-order valence-corrected chi connectivity index (χ4v) is 2.39. The molecule has 0 saturated carbocycles. The van der Waals surface area contributed by atoms with Crippen LogP contribution in [0.5, 0.6) is 0 Å². The zero-order chi connectivity index (χ0) is 17.3. The summed E-state index contributed by atoms with van der Waals surface area (Å²) in [5, 5.41) is 9.63. The fraction of sp³-hybridized carbons (Fsp3) is 0.176. The Balaban J connectivity index is 2.13. The molecular formula is C17H15ClN4O2. The highest BCUT2D eigenvalue weighted by Crippen LogP contribution is 2.23. The Hall–Kier alpha value is -2.73. The van der Waals surface area contributed by atoms with Gasteiger partial charge in [-0.05, 0) is 18.1 Å². The van der Waals surface area contributed by atoms with Gasteiger partial charge in [0.25, 0.3) is 0 Å². The number of nitrogens with zero attached hydrogens (tertiary/aromatic N) is 4. The third-order valence-corrected chi connectivity index (χ3v) is 3.71. The molecule has 7 heteroatoms. The molecule has 0 amide bonds. The highest BCUT2D eigenvalue weighted by Gasteiger charge is 2.13. The van der Waals surface area contributed by atoms with Gasteiger partial charge in [-0.1, -0.05) is 37.6 Å². The summed E-state index contributed by atoms with van der Waals surface area (Å²) >= 11 is 6.06. The maximum atomic E-state index is 11.0. The molecule has 1 aromatic carbocycles. The number of hydrogen-bond donors (Lipinski definition) is 1. The molecule has 122 valence electrons. The molecule has 0 fully saturated rings. The van der Waals surface area contributed by atoms with E-state index in [9.17, 15) is 4.79 Å². The van der Waals surface area contributed by atoms with Crippen LogP contribution in [0.1, 0.15) is 35.9 Å². The Morgan fingerprint density at radius 2 is 2.04 bits per heavy atom. The third kappa shape index (κ3) is 3.28. The van der Waals surface area contributed by atoms with Gasteiger partial charge in [0.1, 0.15) is 12.1 Å². The standard InChI is InChI=1S/C17H15ClN4O2/c1-10(2)13-7-15(22-8-14(17(23)24)19-9-22)21-16(20-13)11-4-3-5-12(18)6-11/h3-10H,1-2H3,(H,23,24). The summed E-state index contributed by atoms with van der Waals surface area (Å²) in [4.78, 5) is 24.0. The van der Waals surface area contributed by atoms with Crippen LogP contribution in [0.4, 0.5) is 0 Å². The quantitative estimate of drug-likeness (QED) is 0.779. The van der Waals surface area contributed by atoms with Crippen LogP contribution in [0.15, 0.2) is 42.9 Å². The number of carbonyl (C=O) groups is 1. The van der Waals surface area contributed by atoms with Crippen LogP contribution in [0, 0.1) is 0 Å². The number of hydrogen-bond acceptors (Lipinski definition) is 4. The second kappa shape index (κ2) is 6.41. The number of benzene rings is 1. The van der Waals surface area contributed by atoms with E-state index in [0.29, 0.717) is 16.7 Å². The molecule has 0 bridgehead atoms. The Bertz CT molecular complexity index is 905. The normalized spacial score (nSPS) is 11.0. The summed E-state index contributed by atoms with van der Waals surface area (Å²) in [5.41, 5.74) is 1.61. The molecule has 1 N–H and O–H groups in total. The summed E-state index contributed by atoms with van der Waals surface area (Å²) in [6.07, 6.45) is 2.86. The fourth-order valence-electron chi connectivity index (χ4n) is 2.20. The van der Waals surface area contributed by atoms with Crippen molar-refractivity contribution in [1.29, 1.82) is 0 Å². The third-order valence-electron chi connectivity index (χ3n) is 3.47. The molecule has 0 aliphatic carbocycles. The van der Waals surface area contributed by atoms with Gasteiger partial charge >= 0.3 is 5.97 Å². The number of carboxylic acids is 1. The van der Waals surface area contributed by atoms with Crippen molar-refractivity contribution in [2.24, 2.45) is 0 Å². The number of aromatic carboxylic acids is 1. The van der Waals surface area contributed by atoms with E-state index in [1.54, 1.807) is 16.7 Å². The van der Waals surface area contributed by atoms with Crippen molar-refractivity contribution in [3.05, 3.63) is 59.3 Å². The minimum Gasteiger partial charge on any atom is -0.476 e. The van der Waals surface area contributed by atoms with E-state index in [0.717, 1.165) is 11.3 Å². The van der Waals surface area contributed by atoms with Crippen molar-refractivity contribution in [3.63, 3.8) is 0 Å². The van der Waals surface area contributed by atoms with Crippen molar-refractivity contribution in [1.82, 2.24) is 19.5 Å². The first-order chi connectivity index (χ1) is 11.4. The first-order valence-electron chi connectivity index (χ1n) is 7.36. The minimum atomic E-state index is -1.08. The molecule has 0 spiro atoms. The first kappa shape index (κ1) is 16.1. The van der Waals surface area contributed by atoms with Crippen LogP contribution in [0.25, 0.3) is 17.2 Å². The zero-order valence-corrected chi connectivity index (χ0v) is 13.9. The first-order valence-corrected chi connectivity index (χ1v) is 7.74. The Kier molecular flexibility index (Phi) is 4.31. The van der Waals surface area contributed by atoms with E-state index in [-0.39, 0.29) is 11.6 Å². The van der Waals surface area contributed by atoms with Crippen molar-refractivity contribution in [2.75, 3.05) is 0 Å². The van der Waals surface area contributed by atoms with Crippen LogP contribution in [0.2, 0.25) is 5.02 Å². The van der Waals surface area contributed by atoms with Crippen LogP contribution >= 0.6 is 11.6 Å². The topological polar surface area (TPSA) is 80.9 Å². The second-order valence-corrected chi connectivity index (χ2v) is 6.05. The molecule has 0 atom stereocenters. The average Bonchev–Trinajstić information content (AvgIpc) is 3.04. The Morgan fingerprint density at radius 1 is 1.25 bits per heavy atom.